The van der Waals surface area contributed by atoms with Gasteiger partial charge in [-0.15, -0.1) is 0 Å². The first-order valence-electron chi connectivity index (χ1n) is 16.6. The van der Waals surface area contributed by atoms with Crippen molar-refractivity contribution in [3.63, 3.8) is 0 Å². The molecule has 8 aromatic carbocycles. The third-order valence-corrected chi connectivity index (χ3v) is 10.1. The maximum Gasteiger partial charge on any atom is 0.164 e. The monoisotopic (exact) mass is 622 g/mol. The van der Waals surface area contributed by atoms with E-state index in [0.717, 1.165) is 22.3 Å². The standard InChI is InChI=1S/C45H26N4/c1-3-10-28(11-4-1)43-46-44(29-12-5-2-6-13-29)48-45(47-43)30-20-18-27(19-21-30)31-22-25-38-37(26-31)36-24-23-35-33-15-8-7-14-32(33)34-16-9-17-39-40(34)41(35)42(36)49(38)39/h1-26H. The Kier molecular flexibility index (Phi) is 5.35. The molecule has 11 rings (SSSR count). The van der Waals surface area contributed by atoms with Gasteiger partial charge in [0, 0.05) is 38.2 Å². The first kappa shape index (κ1) is 26.4. The van der Waals surface area contributed by atoms with Crippen LogP contribution in [0.3, 0.4) is 0 Å². The molecular weight excluding hydrogens is 597 g/mol. The Labute approximate surface area is 281 Å². The molecule has 0 saturated carbocycles. The highest BCUT2D eigenvalue weighted by molar-refractivity contribution is 6.38. The van der Waals surface area contributed by atoms with Gasteiger partial charge in [0.05, 0.1) is 16.6 Å². The van der Waals surface area contributed by atoms with Crippen LogP contribution in [0.15, 0.2) is 158 Å². The van der Waals surface area contributed by atoms with Gasteiger partial charge in [-0.05, 0) is 50.9 Å². The maximum absolute atomic E-state index is 4.92. The van der Waals surface area contributed by atoms with E-state index < -0.39 is 0 Å². The van der Waals surface area contributed by atoms with Crippen LogP contribution in [0.2, 0.25) is 0 Å². The van der Waals surface area contributed by atoms with Crippen molar-refractivity contribution in [2.24, 2.45) is 0 Å². The van der Waals surface area contributed by atoms with Gasteiger partial charge in [-0.1, -0.05) is 140 Å². The summed E-state index contributed by atoms with van der Waals surface area (Å²) in [6.45, 7) is 0. The zero-order chi connectivity index (χ0) is 32.1. The fourth-order valence-electron chi connectivity index (χ4n) is 7.93. The molecule has 0 atom stereocenters. The highest BCUT2D eigenvalue weighted by Crippen LogP contribution is 2.47. The lowest BCUT2D eigenvalue weighted by Crippen LogP contribution is -2.00. The Hall–Kier alpha value is -6.65. The summed E-state index contributed by atoms with van der Waals surface area (Å²) in [6, 6.07) is 55.9. The maximum atomic E-state index is 4.92. The summed E-state index contributed by atoms with van der Waals surface area (Å²) >= 11 is 0. The van der Waals surface area contributed by atoms with Gasteiger partial charge in [-0.2, -0.15) is 0 Å². The number of aromatic nitrogens is 4. The van der Waals surface area contributed by atoms with Crippen molar-refractivity contribution in [2.45, 2.75) is 0 Å². The van der Waals surface area contributed by atoms with Gasteiger partial charge in [-0.25, -0.2) is 15.0 Å². The van der Waals surface area contributed by atoms with Gasteiger partial charge in [0.1, 0.15) is 0 Å². The number of benzene rings is 8. The van der Waals surface area contributed by atoms with Crippen molar-refractivity contribution in [2.75, 3.05) is 0 Å². The van der Waals surface area contributed by atoms with E-state index >= 15 is 0 Å². The fraction of sp³-hybridized carbons (Fsp3) is 0. The van der Waals surface area contributed by atoms with E-state index in [2.05, 4.69) is 101 Å². The first-order valence-corrected chi connectivity index (χ1v) is 16.6. The van der Waals surface area contributed by atoms with Crippen LogP contribution in [0.4, 0.5) is 0 Å². The minimum absolute atomic E-state index is 0.657. The molecule has 0 bridgehead atoms. The molecule has 0 fully saturated rings. The number of hydrogen-bond acceptors (Lipinski definition) is 3. The molecule has 11 aromatic rings. The Morgan fingerprint density at radius 1 is 0.306 bits per heavy atom. The summed E-state index contributed by atoms with van der Waals surface area (Å²) in [7, 11) is 0. The van der Waals surface area contributed by atoms with Crippen molar-refractivity contribution in [1.82, 2.24) is 19.4 Å². The Morgan fingerprint density at radius 2 is 0.816 bits per heavy atom. The van der Waals surface area contributed by atoms with E-state index in [1.807, 2.05) is 60.7 Å². The molecule has 0 aliphatic carbocycles. The van der Waals surface area contributed by atoms with E-state index in [0.29, 0.717) is 17.5 Å². The number of nitrogens with zero attached hydrogens (tertiary/aromatic N) is 4. The summed E-state index contributed by atoms with van der Waals surface area (Å²) in [5.41, 5.74) is 9.04. The molecule has 4 heteroatoms. The minimum atomic E-state index is 0.657. The van der Waals surface area contributed by atoms with Gasteiger partial charge < -0.3 is 4.40 Å². The molecule has 4 nitrogen and oxygen atoms in total. The summed E-state index contributed by atoms with van der Waals surface area (Å²) in [4.78, 5) is 14.7. The van der Waals surface area contributed by atoms with Gasteiger partial charge in [0.2, 0.25) is 0 Å². The number of rotatable bonds is 4. The topological polar surface area (TPSA) is 43.1 Å². The van der Waals surface area contributed by atoms with Crippen molar-refractivity contribution in [1.29, 1.82) is 0 Å². The molecule has 0 aliphatic heterocycles. The van der Waals surface area contributed by atoms with Gasteiger partial charge in [-0.3, -0.25) is 0 Å². The molecule has 3 heterocycles. The van der Waals surface area contributed by atoms with Crippen LogP contribution in [0.1, 0.15) is 0 Å². The lowest BCUT2D eigenvalue weighted by molar-refractivity contribution is 1.07. The Bertz CT molecular complexity index is 2960. The van der Waals surface area contributed by atoms with Crippen molar-refractivity contribution in [3.8, 4) is 45.3 Å². The molecule has 0 unspecified atom stereocenters. The van der Waals surface area contributed by atoms with Crippen molar-refractivity contribution in [3.05, 3.63) is 158 Å². The van der Waals surface area contributed by atoms with E-state index in [-0.39, 0.29) is 0 Å². The van der Waals surface area contributed by atoms with Crippen molar-refractivity contribution >= 4 is 59.6 Å². The van der Waals surface area contributed by atoms with Crippen LogP contribution in [-0.2, 0) is 0 Å². The molecule has 0 radical (unpaired) electrons. The molecule has 0 saturated heterocycles. The Morgan fingerprint density at radius 3 is 1.47 bits per heavy atom. The highest BCUT2D eigenvalue weighted by Gasteiger charge is 2.22. The average molecular weight is 623 g/mol. The predicted molar refractivity (Wildman–Crippen MR) is 202 cm³/mol. The van der Waals surface area contributed by atoms with Gasteiger partial charge in [0.15, 0.2) is 17.5 Å². The smallest absolute Gasteiger partial charge is 0.164 e. The molecule has 49 heavy (non-hydrogen) atoms. The summed E-state index contributed by atoms with van der Waals surface area (Å²) in [6.07, 6.45) is 0. The summed E-state index contributed by atoms with van der Waals surface area (Å²) in [5.74, 6) is 1.98. The highest BCUT2D eigenvalue weighted by atomic mass is 15.0. The number of fused-ring (bicyclic) bond motifs is 7. The third kappa shape index (κ3) is 3.77. The van der Waals surface area contributed by atoms with Crippen LogP contribution >= 0.6 is 0 Å². The SMILES string of the molecule is c1ccc(-c2nc(-c3ccccc3)nc(-c3ccc(-c4ccc5c(c4)c4ccc6c7ccccc7c7cccc8c7c6c4n58)cc3)n2)cc1. The lowest BCUT2D eigenvalue weighted by Gasteiger charge is -2.10. The van der Waals surface area contributed by atoms with Crippen LogP contribution in [0.5, 0.6) is 0 Å². The third-order valence-electron chi connectivity index (χ3n) is 10.1. The van der Waals surface area contributed by atoms with Crippen LogP contribution in [0, 0.1) is 0 Å². The summed E-state index contributed by atoms with van der Waals surface area (Å²) < 4.78 is 2.48. The molecule has 0 N–H and O–H groups in total. The quantitative estimate of drug-likeness (QED) is 0.183. The average Bonchev–Trinajstić information content (AvgIpc) is 3.71. The molecule has 0 amide bonds. The molecule has 0 aliphatic rings. The Balaban J connectivity index is 1.05. The second-order valence-corrected chi connectivity index (χ2v) is 12.8. The number of hydrogen-bond donors (Lipinski definition) is 0. The van der Waals surface area contributed by atoms with Crippen LogP contribution < -0.4 is 0 Å². The van der Waals surface area contributed by atoms with E-state index in [9.17, 15) is 0 Å². The van der Waals surface area contributed by atoms with E-state index in [1.165, 1.54) is 65.2 Å². The van der Waals surface area contributed by atoms with Crippen LogP contribution in [0.25, 0.3) is 105 Å². The predicted octanol–water partition coefficient (Wildman–Crippen LogP) is 11.4. The van der Waals surface area contributed by atoms with Crippen LogP contribution in [-0.4, -0.2) is 19.4 Å². The normalized spacial score (nSPS) is 12.1. The zero-order valence-electron chi connectivity index (χ0n) is 26.3. The molecule has 0 spiro atoms. The second-order valence-electron chi connectivity index (χ2n) is 12.8. The second kappa shape index (κ2) is 9.93. The van der Waals surface area contributed by atoms with E-state index in [4.69, 9.17) is 15.0 Å². The first-order chi connectivity index (χ1) is 24.3. The summed E-state index contributed by atoms with van der Waals surface area (Å²) in [5, 5.41) is 10.6. The minimum Gasteiger partial charge on any atom is -0.308 e. The lowest BCUT2D eigenvalue weighted by atomic mass is 9.93. The van der Waals surface area contributed by atoms with Gasteiger partial charge >= 0.3 is 0 Å². The zero-order valence-corrected chi connectivity index (χ0v) is 26.3. The largest absolute Gasteiger partial charge is 0.308 e. The van der Waals surface area contributed by atoms with Crippen molar-refractivity contribution < 1.29 is 0 Å². The molecule has 3 aromatic heterocycles. The van der Waals surface area contributed by atoms with E-state index in [1.54, 1.807) is 0 Å². The molecule has 226 valence electrons. The molecular formula is C45H26N4. The fourth-order valence-corrected chi connectivity index (χ4v) is 7.93. The van der Waals surface area contributed by atoms with Gasteiger partial charge in [0.25, 0.3) is 0 Å².